The molecule has 1 atom stereocenters. The van der Waals surface area contributed by atoms with E-state index in [9.17, 15) is 0 Å². The summed E-state index contributed by atoms with van der Waals surface area (Å²) in [5.41, 5.74) is 2.36. The van der Waals surface area contributed by atoms with Crippen LogP contribution < -0.4 is 5.32 Å². The number of thiophene rings is 1. The molecule has 0 aliphatic carbocycles. The van der Waals surface area contributed by atoms with Gasteiger partial charge in [0.2, 0.25) is 0 Å². The first-order valence-electron chi connectivity index (χ1n) is 6.14. The van der Waals surface area contributed by atoms with Crippen LogP contribution >= 0.6 is 11.3 Å². The Morgan fingerprint density at radius 2 is 2.53 bits per heavy atom. The Kier molecular flexibility index (Phi) is 2.99. The molecule has 17 heavy (non-hydrogen) atoms. The van der Waals surface area contributed by atoms with Crippen molar-refractivity contribution in [3.63, 3.8) is 0 Å². The van der Waals surface area contributed by atoms with E-state index in [-0.39, 0.29) is 0 Å². The summed E-state index contributed by atoms with van der Waals surface area (Å²) >= 11 is 1.75. The van der Waals surface area contributed by atoms with E-state index in [1.807, 2.05) is 0 Å². The van der Waals surface area contributed by atoms with E-state index >= 15 is 0 Å². The lowest BCUT2D eigenvalue weighted by Gasteiger charge is -2.11. The van der Waals surface area contributed by atoms with Crippen molar-refractivity contribution >= 4 is 11.3 Å². The SMILES string of the molecule is Cc1cc(-c2cccs2)nn1C[C@H]1CCCN1. The number of nitrogens with one attached hydrogen (secondary N) is 1. The van der Waals surface area contributed by atoms with Crippen LogP contribution in [-0.2, 0) is 6.54 Å². The molecule has 0 bridgehead atoms. The molecule has 1 aliphatic heterocycles. The van der Waals surface area contributed by atoms with Gasteiger partial charge < -0.3 is 5.32 Å². The molecule has 1 fully saturated rings. The Labute approximate surface area is 105 Å². The monoisotopic (exact) mass is 247 g/mol. The van der Waals surface area contributed by atoms with Crippen molar-refractivity contribution < 1.29 is 0 Å². The van der Waals surface area contributed by atoms with Crippen LogP contribution in [0.15, 0.2) is 23.6 Å². The summed E-state index contributed by atoms with van der Waals surface area (Å²) < 4.78 is 2.14. The minimum absolute atomic E-state index is 0.602. The van der Waals surface area contributed by atoms with E-state index < -0.39 is 0 Å². The van der Waals surface area contributed by atoms with Crippen LogP contribution in [0.4, 0.5) is 0 Å². The van der Waals surface area contributed by atoms with Crippen LogP contribution in [0, 0.1) is 6.92 Å². The van der Waals surface area contributed by atoms with Gasteiger partial charge in [0.25, 0.3) is 0 Å². The molecule has 3 rings (SSSR count). The van der Waals surface area contributed by atoms with Crippen LogP contribution in [0.2, 0.25) is 0 Å². The van der Waals surface area contributed by atoms with E-state index in [4.69, 9.17) is 5.10 Å². The standard InChI is InChI=1S/C13H17N3S/c1-10-8-12(13-5-3-7-17-13)15-16(10)9-11-4-2-6-14-11/h3,5,7-8,11,14H,2,4,6,9H2,1H3/t11-/m1/s1. The van der Waals surface area contributed by atoms with Gasteiger partial charge in [-0.05, 0) is 43.8 Å². The summed E-state index contributed by atoms with van der Waals surface area (Å²) in [7, 11) is 0. The highest BCUT2D eigenvalue weighted by Gasteiger charge is 2.16. The van der Waals surface area contributed by atoms with Crippen molar-refractivity contribution in [3.05, 3.63) is 29.3 Å². The number of aromatic nitrogens is 2. The second-order valence-corrected chi connectivity index (χ2v) is 5.57. The van der Waals surface area contributed by atoms with Crippen molar-refractivity contribution in [2.75, 3.05) is 6.54 Å². The lowest BCUT2D eigenvalue weighted by Crippen LogP contribution is -2.27. The van der Waals surface area contributed by atoms with E-state index in [0.29, 0.717) is 6.04 Å². The quantitative estimate of drug-likeness (QED) is 0.903. The highest BCUT2D eigenvalue weighted by atomic mass is 32.1. The van der Waals surface area contributed by atoms with E-state index in [1.165, 1.54) is 23.4 Å². The molecule has 3 nitrogen and oxygen atoms in total. The number of hydrogen-bond acceptors (Lipinski definition) is 3. The van der Waals surface area contributed by atoms with Gasteiger partial charge in [0.05, 0.1) is 11.4 Å². The Morgan fingerprint density at radius 3 is 3.24 bits per heavy atom. The number of nitrogens with zero attached hydrogens (tertiary/aromatic N) is 2. The molecule has 0 unspecified atom stereocenters. The lowest BCUT2D eigenvalue weighted by molar-refractivity contribution is 0.469. The first-order chi connectivity index (χ1) is 8.33. The molecule has 2 aromatic rings. The molecule has 0 spiro atoms. The maximum Gasteiger partial charge on any atom is 0.103 e. The van der Waals surface area contributed by atoms with E-state index in [2.05, 4.69) is 40.5 Å². The van der Waals surface area contributed by atoms with Crippen molar-refractivity contribution in [2.24, 2.45) is 0 Å². The first-order valence-corrected chi connectivity index (χ1v) is 7.02. The second-order valence-electron chi connectivity index (χ2n) is 4.62. The Bertz CT molecular complexity index is 481. The molecular weight excluding hydrogens is 230 g/mol. The van der Waals surface area contributed by atoms with Gasteiger partial charge >= 0.3 is 0 Å². The van der Waals surface area contributed by atoms with Crippen LogP contribution in [0.25, 0.3) is 10.6 Å². The fraction of sp³-hybridized carbons (Fsp3) is 0.462. The minimum atomic E-state index is 0.602. The zero-order valence-electron chi connectivity index (χ0n) is 10.0. The van der Waals surface area contributed by atoms with Gasteiger partial charge in [-0.15, -0.1) is 11.3 Å². The fourth-order valence-corrected chi connectivity index (χ4v) is 3.04. The zero-order chi connectivity index (χ0) is 11.7. The largest absolute Gasteiger partial charge is 0.312 e. The second kappa shape index (κ2) is 4.63. The third-order valence-corrected chi connectivity index (χ3v) is 4.20. The van der Waals surface area contributed by atoms with Gasteiger partial charge in [0.1, 0.15) is 5.69 Å². The molecule has 1 N–H and O–H groups in total. The minimum Gasteiger partial charge on any atom is -0.312 e. The van der Waals surface area contributed by atoms with Crippen LogP contribution in [0.3, 0.4) is 0 Å². The molecule has 3 heterocycles. The third kappa shape index (κ3) is 2.28. The highest BCUT2D eigenvalue weighted by Crippen LogP contribution is 2.24. The highest BCUT2D eigenvalue weighted by molar-refractivity contribution is 7.13. The van der Waals surface area contributed by atoms with Crippen LogP contribution in [0.5, 0.6) is 0 Å². The summed E-state index contributed by atoms with van der Waals surface area (Å²) in [5, 5.41) is 10.3. The molecule has 2 aromatic heterocycles. The molecule has 4 heteroatoms. The normalized spacial score (nSPS) is 19.9. The average Bonchev–Trinajstić information content (AvgIpc) is 3.02. The Hall–Kier alpha value is -1.13. The predicted octanol–water partition coefficient (Wildman–Crippen LogP) is 2.67. The number of hydrogen-bond donors (Lipinski definition) is 1. The summed E-state index contributed by atoms with van der Waals surface area (Å²) in [6, 6.07) is 6.99. The predicted molar refractivity (Wildman–Crippen MR) is 71.3 cm³/mol. The third-order valence-electron chi connectivity index (χ3n) is 3.31. The fourth-order valence-electron chi connectivity index (χ4n) is 2.36. The van der Waals surface area contributed by atoms with Crippen molar-refractivity contribution in [1.29, 1.82) is 0 Å². The van der Waals surface area contributed by atoms with Crippen molar-refractivity contribution in [2.45, 2.75) is 32.4 Å². The van der Waals surface area contributed by atoms with E-state index in [1.54, 1.807) is 11.3 Å². The number of aryl methyl sites for hydroxylation is 1. The van der Waals surface area contributed by atoms with Gasteiger partial charge in [-0.25, -0.2) is 0 Å². The molecule has 0 saturated carbocycles. The zero-order valence-corrected chi connectivity index (χ0v) is 10.8. The smallest absolute Gasteiger partial charge is 0.103 e. The maximum atomic E-state index is 4.70. The summed E-state index contributed by atoms with van der Waals surface area (Å²) in [6.45, 7) is 4.29. The summed E-state index contributed by atoms with van der Waals surface area (Å²) in [4.78, 5) is 1.26. The molecule has 1 saturated heterocycles. The van der Waals surface area contributed by atoms with Crippen LogP contribution in [0.1, 0.15) is 18.5 Å². The van der Waals surface area contributed by atoms with Gasteiger partial charge in [-0.2, -0.15) is 5.10 Å². The molecule has 1 aliphatic rings. The first kappa shape index (κ1) is 11.0. The molecular formula is C13H17N3S. The van der Waals surface area contributed by atoms with Gasteiger partial charge in [0, 0.05) is 11.7 Å². The Balaban J connectivity index is 1.80. The summed E-state index contributed by atoms with van der Waals surface area (Å²) in [5.74, 6) is 0. The van der Waals surface area contributed by atoms with E-state index in [0.717, 1.165) is 18.8 Å². The van der Waals surface area contributed by atoms with Crippen molar-refractivity contribution in [3.8, 4) is 10.6 Å². The maximum absolute atomic E-state index is 4.70. The summed E-state index contributed by atoms with van der Waals surface area (Å²) in [6.07, 6.45) is 2.57. The topological polar surface area (TPSA) is 29.9 Å². The lowest BCUT2D eigenvalue weighted by atomic mass is 10.2. The van der Waals surface area contributed by atoms with Gasteiger partial charge in [-0.1, -0.05) is 6.07 Å². The molecule has 0 amide bonds. The van der Waals surface area contributed by atoms with Gasteiger partial charge in [0.15, 0.2) is 0 Å². The molecule has 90 valence electrons. The molecule has 0 aromatic carbocycles. The van der Waals surface area contributed by atoms with Crippen LogP contribution in [-0.4, -0.2) is 22.4 Å². The van der Waals surface area contributed by atoms with Gasteiger partial charge in [-0.3, -0.25) is 4.68 Å². The average molecular weight is 247 g/mol. The van der Waals surface area contributed by atoms with Crippen molar-refractivity contribution in [1.82, 2.24) is 15.1 Å². The number of rotatable bonds is 3. The molecule has 0 radical (unpaired) electrons. The Morgan fingerprint density at radius 1 is 1.59 bits per heavy atom.